The molecule has 9 heteroatoms. The Morgan fingerprint density at radius 3 is 2.96 bits per heavy atom. The minimum Gasteiger partial charge on any atom is -0.346 e. The lowest BCUT2D eigenvalue weighted by atomic mass is 10.2. The van der Waals surface area contributed by atoms with E-state index in [0.717, 1.165) is 0 Å². The Bertz CT molecular complexity index is 864. The summed E-state index contributed by atoms with van der Waals surface area (Å²) in [5, 5.41) is 8.31. The molecule has 3 rings (SSSR count). The van der Waals surface area contributed by atoms with Crippen LogP contribution in [0.5, 0.6) is 0 Å². The number of nitrogens with one attached hydrogen (secondary N) is 1. The van der Waals surface area contributed by atoms with E-state index in [-0.39, 0.29) is 28.4 Å². The average molecular weight is 353 g/mol. The molecule has 2 heterocycles. The van der Waals surface area contributed by atoms with Crippen LogP contribution in [0.15, 0.2) is 28.1 Å². The molecule has 118 valence electrons. The van der Waals surface area contributed by atoms with Crippen molar-refractivity contribution in [2.24, 2.45) is 0 Å². The first-order valence-corrected chi connectivity index (χ1v) is 7.77. The van der Waals surface area contributed by atoms with Crippen LogP contribution >= 0.6 is 22.9 Å². The molecule has 0 aliphatic carbocycles. The molecule has 23 heavy (non-hydrogen) atoms. The van der Waals surface area contributed by atoms with Crippen LogP contribution in [0, 0.1) is 12.7 Å². The SMILES string of the molecule is Cc1noc(-c2csc(C(=O)NCc3ccc(F)c(Cl)c3)n2)n1. The summed E-state index contributed by atoms with van der Waals surface area (Å²) in [5.74, 6) is -0.0885. The van der Waals surface area contributed by atoms with Crippen molar-refractivity contribution in [3.8, 4) is 11.6 Å². The zero-order chi connectivity index (χ0) is 16.4. The summed E-state index contributed by atoms with van der Waals surface area (Å²) in [7, 11) is 0. The van der Waals surface area contributed by atoms with E-state index in [1.54, 1.807) is 18.4 Å². The number of aromatic nitrogens is 3. The minimum absolute atomic E-state index is 0.0139. The van der Waals surface area contributed by atoms with E-state index >= 15 is 0 Å². The fourth-order valence-corrected chi connectivity index (χ4v) is 2.70. The summed E-state index contributed by atoms with van der Waals surface area (Å²) in [6, 6.07) is 4.27. The van der Waals surface area contributed by atoms with Gasteiger partial charge in [0.15, 0.2) is 10.8 Å². The second-order valence-corrected chi connectivity index (χ2v) is 5.88. The molecule has 1 aromatic carbocycles. The normalized spacial score (nSPS) is 10.7. The topological polar surface area (TPSA) is 80.9 Å². The number of nitrogens with zero attached hydrogens (tertiary/aromatic N) is 3. The third-order valence-electron chi connectivity index (χ3n) is 2.88. The number of benzene rings is 1. The van der Waals surface area contributed by atoms with Gasteiger partial charge in [0.2, 0.25) is 0 Å². The van der Waals surface area contributed by atoms with E-state index < -0.39 is 5.82 Å². The van der Waals surface area contributed by atoms with Gasteiger partial charge >= 0.3 is 0 Å². The Hall–Kier alpha value is -2.32. The average Bonchev–Trinajstić information content (AvgIpc) is 3.17. The van der Waals surface area contributed by atoms with Crippen LogP contribution < -0.4 is 5.32 Å². The van der Waals surface area contributed by atoms with Crippen molar-refractivity contribution >= 4 is 28.8 Å². The lowest BCUT2D eigenvalue weighted by Crippen LogP contribution is -2.22. The molecule has 0 radical (unpaired) electrons. The van der Waals surface area contributed by atoms with Crippen molar-refractivity contribution in [2.45, 2.75) is 13.5 Å². The number of hydrogen-bond donors (Lipinski definition) is 1. The molecule has 0 atom stereocenters. The van der Waals surface area contributed by atoms with E-state index in [4.69, 9.17) is 16.1 Å². The monoisotopic (exact) mass is 352 g/mol. The molecule has 1 amide bonds. The van der Waals surface area contributed by atoms with Gasteiger partial charge in [0.1, 0.15) is 11.5 Å². The second-order valence-electron chi connectivity index (χ2n) is 4.62. The van der Waals surface area contributed by atoms with Crippen molar-refractivity contribution in [1.29, 1.82) is 0 Å². The van der Waals surface area contributed by atoms with E-state index in [1.165, 1.54) is 23.5 Å². The van der Waals surface area contributed by atoms with Crippen molar-refractivity contribution < 1.29 is 13.7 Å². The van der Waals surface area contributed by atoms with E-state index in [9.17, 15) is 9.18 Å². The Morgan fingerprint density at radius 2 is 2.26 bits per heavy atom. The third-order valence-corrected chi connectivity index (χ3v) is 4.01. The molecular formula is C14H10ClFN4O2S. The van der Waals surface area contributed by atoms with E-state index in [0.29, 0.717) is 17.1 Å². The number of carbonyl (C=O) groups is 1. The standard InChI is InChI=1S/C14H10ClFN4O2S/c1-7-18-13(22-20-7)11-6-23-14(19-11)12(21)17-5-8-2-3-10(16)9(15)4-8/h2-4,6H,5H2,1H3,(H,17,21). The molecule has 0 saturated heterocycles. The van der Waals surface area contributed by atoms with Gasteiger partial charge in [-0.1, -0.05) is 22.8 Å². The number of thiazole rings is 1. The molecule has 0 aliphatic rings. The molecule has 0 aliphatic heterocycles. The summed E-state index contributed by atoms with van der Waals surface area (Å²) in [6.45, 7) is 1.91. The minimum atomic E-state index is -0.499. The zero-order valence-corrected chi connectivity index (χ0v) is 13.4. The van der Waals surface area contributed by atoms with Crippen molar-refractivity contribution in [3.63, 3.8) is 0 Å². The van der Waals surface area contributed by atoms with Crippen LogP contribution in [-0.4, -0.2) is 21.0 Å². The number of amides is 1. The smallest absolute Gasteiger partial charge is 0.280 e. The molecule has 1 N–H and O–H groups in total. The third kappa shape index (κ3) is 3.54. The van der Waals surface area contributed by atoms with Gasteiger partial charge in [-0.15, -0.1) is 11.3 Å². The lowest BCUT2D eigenvalue weighted by Gasteiger charge is -2.04. The van der Waals surface area contributed by atoms with Gasteiger partial charge in [0.25, 0.3) is 11.8 Å². The first kappa shape index (κ1) is 15.6. The number of aryl methyl sites for hydroxylation is 1. The molecule has 3 aromatic rings. The molecule has 0 spiro atoms. The number of carbonyl (C=O) groups excluding carboxylic acids is 1. The van der Waals surface area contributed by atoms with Gasteiger partial charge in [-0.25, -0.2) is 9.37 Å². The quantitative estimate of drug-likeness (QED) is 0.779. The van der Waals surface area contributed by atoms with E-state index in [1.807, 2.05) is 0 Å². The molecular weight excluding hydrogens is 343 g/mol. The van der Waals surface area contributed by atoms with Crippen molar-refractivity contribution in [1.82, 2.24) is 20.4 Å². The van der Waals surface area contributed by atoms with Gasteiger partial charge in [-0.3, -0.25) is 4.79 Å². The molecule has 0 fully saturated rings. The van der Waals surface area contributed by atoms with Crippen molar-refractivity contribution in [3.05, 3.63) is 50.8 Å². The van der Waals surface area contributed by atoms with Gasteiger partial charge in [0.05, 0.1) is 5.02 Å². The van der Waals surface area contributed by atoms with Crippen LogP contribution in [0.25, 0.3) is 11.6 Å². The molecule has 6 nitrogen and oxygen atoms in total. The number of hydrogen-bond acceptors (Lipinski definition) is 6. The zero-order valence-electron chi connectivity index (χ0n) is 11.8. The summed E-state index contributed by atoms with van der Waals surface area (Å²) in [5.41, 5.74) is 1.14. The fraction of sp³-hybridized carbons (Fsp3) is 0.143. The molecule has 0 bridgehead atoms. The first-order chi connectivity index (χ1) is 11.0. The Kier molecular flexibility index (Phi) is 4.35. The maximum absolute atomic E-state index is 13.1. The van der Waals surface area contributed by atoms with Crippen LogP contribution in [-0.2, 0) is 6.54 Å². The Balaban J connectivity index is 1.66. The first-order valence-electron chi connectivity index (χ1n) is 6.51. The second kappa shape index (κ2) is 6.43. The highest BCUT2D eigenvalue weighted by molar-refractivity contribution is 7.12. The molecule has 0 saturated carbocycles. The highest BCUT2D eigenvalue weighted by Crippen LogP contribution is 2.20. The molecule has 0 unspecified atom stereocenters. The fourth-order valence-electron chi connectivity index (χ4n) is 1.78. The van der Waals surface area contributed by atoms with Crippen molar-refractivity contribution in [2.75, 3.05) is 0 Å². The maximum Gasteiger partial charge on any atom is 0.280 e. The lowest BCUT2D eigenvalue weighted by molar-refractivity contribution is 0.0950. The van der Waals surface area contributed by atoms with Gasteiger partial charge in [-0.05, 0) is 24.6 Å². The number of halogens is 2. The van der Waals surface area contributed by atoms with Gasteiger partial charge in [-0.2, -0.15) is 4.98 Å². The predicted molar refractivity (Wildman–Crippen MR) is 82.7 cm³/mol. The molecule has 2 aromatic heterocycles. The van der Waals surface area contributed by atoms with E-state index in [2.05, 4.69) is 20.4 Å². The van der Waals surface area contributed by atoms with Gasteiger partial charge < -0.3 is 9.84 Å². The summed E-state index contributed by atoms with van der Waals surface area (Å²) in [6.07, 6.45) is 0. The van der Waals surface area contributed by atoms with Gasteiger partial charge in [0, 0.05) is 11.9 Å². The summed E-state index contributed by atoms with van der Waals surface area (Å²) < 4.78 is 18.1. The maximum atomic E-state index is 13.1. The predicted octanol–water partition coefficient (Wildman–Crippen LogP) is 3.22. The highest BCUT2D eigenvalue weighted by atomic mass is 35.5. The largest absolute Gasteiger partial charge is 0.346 e. The van der Waals surface area contributed by atoms with Crippen LogP contribution in [0.2, 0.25) is 5.02 Å². The summed E-state index contributed by atoms with van der Waals surface area (Å²) in [4.78, 5) is 20.3. The van der Waals surface area contributed by atoms with Crippen LogP contribution in [0.4, 0.5) is 4.39 Å². The Labute approximate surface area is 139 Å². The van der Waals surface area contributed by atoms with Crippen LogP contribution in [0.1, 0.15) is 21.2 Å². The van der Waals surface area contributed by atoms with Crippen LogP contribution in [0.3, 0.4) is 0 Å². The number of rotatable bonds is 4. The highest BCUT2D eigenvalue weighted by Gasteiger charge is 2.15. The Morgan fingerprint density at radius 1 is 1.43 bits per heavy atom. The summed E-state index contributed by atoms with van der Waals surface area (Å²) >= 11 is 6.86.